The van der Waals surface area contributed by atoms with E-state index in [1.54, 1.807) is 18.4 Å². The number of rotatable bonds is 7. The molecule has 1 aliphatic carbocycles. The minimum absolute atomic E-state index is 0.0829. The summed E-state index contributed by atoms with van der Waals surface area (Å²) in [6.07, 6.45) is 2.07. The molecule has 176 valence electrons. The summed E-state index contributed by atoms with van der Waals surface area (Å²) in [7, 11) is 1.62. The van der Waals surface area contributed by atoms with E-state index in [9.17, 15) is 9.59 Å². The van der Waals surface area contributed by atoms with Crippen molar-refractivity contribution in [3.63, 3.8) is 0 Å². The van der Waals surface area contributed by atoms with Crippen LogP contribution in [0.4, 0.5) is 5.00 Å². The Hall–Kier alpha value is -3.16. The van der Waals surface area contributed by atoms with Gasteiger partial charge < -0.3 is 19.9 Å². The second-order valence-corrected chi connectivity index (χ2v) is 9.77. The summed E-state index contributed by atoms with van der Waals surface area (Å²) in [5.41, 5.74) is 3.89. The molecule has 1 saturated heterocycles. The highest BCUT2D eigenvalue weighted by atomic mass is 32.1. The van der Waals surface area contributed by atoms with Gasteiger partial charge in [0, 0.05) is 43.9 Å². The summed E-state index contributed by atoms with van der Waals surface area (Å²) in [6, 6.07) is 20.2. The van der Waals surface area contributed by atoms with Crippen LogP contribution in [0.3, 0.4) is 0 Å². The fourth-order valence-electron chi connectivity index (χ4n) is 4.31. The molecule has 0 radical (unpaired) electrons. The molecule has 34 heavy (non-hydrogen) atoms. The summed E-state index contributed by atoms with van der Waals surface area (Å²) in [4.78, 5) is 30.7. The minimum atomic E-state index is -0.107. The van der Waals surface area contributed by atoms with Gasteiger partial charge in [0.15, 0.2) is 0 Å². The van der Waals surface area contributed by atoms with Crippen LogP contribution in [0.5, 0.6) is 0 Å². The van der Waals surface area contributed by atoms with Crippen LogP contribution in [-0.2, 0) is 11.3 Å². The van der Waals surface area contributed by atoms with Gasteiger partial charge in [0.1, 0.15) is 0 Å². The van der Waals surface area contributed by atoms with Gasteiger partial charge in [-0.25, -0.2) is 0 Å². The van der Waals surface area contributed by atoms with Gasteiger partial charge in [0.2, 0.25) is 0 Å². The van der Waals surface area contributed by atoms with Crippen molar-refractivity contribution in [1.29, 1.82) is 0 Å². The smallest absolute Gasteiger partial charge is 0.264 e. The first-order chi connectivity index (χ1) is 16.6. The average Bonchev–Trinajstić information content (AvgIpc) is 3.64. The third-order valence-electron chi connectivity index (χ3n) is 6.35. The molecule has 1 saturated carbocycles. The largest absolute Gasteiger partial charge is 0.378 e. The fourth-order valence-corrected chi connectivity index (χ4v) is 5.50. The number of nitrogens with one attached hydrogen (secondary N) is 1. The maximum absolute atomic E-state index is 13.8. The van der Waals surface area contributed by atoms with E-state index in [4.69, 9.17) is 4.74 Å². The van der Waals surface area contributed by atoms with Gasteiger partial charge in [-0.15, -0.1) is 11.3 Å². The van der Waals surface area contributed by atoms with Crippen molar-refractivity contribution in [2.75, 3.05) is 38.3 Å². The predicted octanol–water partition coefficient (Wildman–Crippen LogP) is 4.42. The van der Waals surface area contributed by atoms with E-state index in [-0.39, 0.29) is 17.9 Å². The standard InChI is InChI=1S/C27H29N3O3S/c1-28-25(31)21-9-7-19(8-10-21)18-30(22-11-12-22)26(32)24-17-23(20-5-3-2-4-6-20)27(34-24)29-13-15-33-16-14-29/h2-10,17,22H,11-16,18H2,1H3,(H,28,31). The third-order valence-corrected chi connectivity index (χ3v) is 7.53. The zero-order valence-corrected chi connectivity index (χ0v) is 20.1. The Labute approximate surface area is 204 Å². The van der Waals surface area contributed by atoms with E-state index >= 15 is 0 Å². The molecular formula is C27H29N3O3S. The summed E-state index contributed by atoms with van der Waals surface area (Å²) >= 11 is 1.59. The van der Waals surface area contributed by atoms with E-state index in [0.29, 0.717) is 25.3 Å². The molecule has 2 amide bonds. The van der Waals surface area contributed by atoms with Crippen molar-refractivity contribution in [3.05, 3.63) is 76.7 Å². The van der Waals surface area contributed by atoms with Gasteiger partial charge in [-0.1, -0.05) is 42.5 Å². The number of carbonyl (C=O) groups is 2. The van der Waals surface area contributed by atoms with Crippen LogP contribution in [0.15, 0.2) is 60.7 Å². The number of hydrogen-bond donors (Lipinski definition) is 1. The molecule has 2 aromatic carbocycles. The van der Waals surface area contributed by atoms with Crippen LogP contribution in [0.1, 0.15) is 38.4 Å². The topological polar surface area (TPSA) is 61.9 Å². The van der Waals surface area contributed by atoms with Gasteiger partial charge in [0.25, 0.3) is 11.8 Å². The lowest BCUT2D eigenvalue weighted by atomic mass is 10.1. The number of morpholine rings is 1. The van der Waals surface area contributed by atoms with Crippen LogP contribution >= 0.6 is 11.3 Å². The number of benzene rings is 2. The zero-order chi connectivity index (χ0) is 23.5. The molecule has 7 heteroatoms. The number of nitrogens with zero attached hydrogens (tertiary/aromatic N) is 2. The van der Waals surface area contributed by atoms with Gasteiger partial charge in [-0.3, -0.25) is 9.59 Å². The Morgan fingerprint density at radius 2 is 1.76 bits per heavy atom. The number of ether oxygens (including phenoxy) is 1. The SMILES string of the molecule is CNC(=O)c1ccc(CN(C(=O)c2cc(-c3ccccc3)c(N3CCOCC3)s2)C2CC2)cc1. The summed E-state index contributed by atoms with van der Waals surface area (Å²) in [5.74, 6) is -0.0242. The molecule has 1 N–H and O–H groups in total. The van der Waals surface area contributed by atoms with Gasteiger partial charge in [-0.2, -0.15) is 0 Å². The van der Waals surface area contributed by atoms with Crippen LogP contribution in [-0.4, -0.2) is 56.1 Å². The van der Waals surface area contributed by atoms with Gasteiger partial charge in [0.05, 0.1) is 23.1 Å². The second-order valence-electron chi connectivity index (χ2n) is 8.74. The molecule has 6 nitrogen and oxygen atoms in total. The molecule has 2 heterocycles. The first kappa shape index (κ1) is 22.6. The summed E-state index contributed by atoms with van der Waals surface area (Å²) in [6.45, 7) is 3.62. The Morgan fingerprint density at radius 1 is 1.06 bits per heavy atom. The van der Waals surface area contributed by atoms with E-state index in [2.05, 4.69) is 28.4 Å². The predicted molar refractivity (Wildman–Crippen MR) is 136 cm³/mol. The highest BCUT2D eigenvalue weighted by Gasteiger charge is 2.34. The van der Waals surface area contributed by atoms with Crippen LogP contribution in [0.2, 0.25) is 0 Å². The van der Waals surface area contributed by atoms with E-state index in [0.717, 1.165) is 52.5 Å². The molecule has 0 atom stereocenters. The maximum atomic E-state index is 13.8. The second kappa shape index (κ2) is 9.99. The number of thiophene rings is 1. The highest BCUT2D eigenvalue weighted by molar-refractivity contribution is 7.18. The molecule has 2 fully saturated rings. The van der Waals surface area contributed by atoms with Crippen molar-refractivity contribution in [2.24, 2.45) is 0 Å². The van der Waals surface area contributed by atoms with E-state index < -0.39 is 0 Å². The number of amides is 2. The average molecular weight is 476 g/mol. The first-order valence-corrected chi connectivity index (χ1v) is 12.6. The lowest BCUT2D eigenvalue weighted by molar-refractivity contribution is 0.0734. The molecule has 5 rings (SSSR count). The molecule has 1 aromatic heterocycles. The zero-order valence-electron chi connectivity index (χ0n) is 19.3. The first-order valence-electron chi connectivity index (χ1n) is 11.8. The molecular weight excluding hydrogens is 446 g/mol. The highest BCUT2D eigenvalue weighted by Crippen LogP contribution is 2.41. The summed E-state index contributed by atoms with van der Waals surface area (Å²) in [5, 5.41) is 3.79. The molecule has 0 bridgehead atoms. The molecule has 1 aliphatic heterocycles. The number of hydrogen-bond acceptors (Lipinski definition) is 5. The normalized spacial score (nSPS) is 15.7. The Morgan fingerprint density at radius 3 is 2.41 bits per heavy atom. The van der Waals surface area contributed by atoms with Crippen molar-refractivity contribution >= 4 is 28.2 Å². The Bertz CT molecular complexity index is 1150. The van der Waals surface area contributed by atoms with Gasteiger partial charge in [-0.05, 0) is 42.2 Å². The fraction of sp³-hybridized carbons (Fsp3) is 0.333. The van der Waals surface area contributed by atoms with Crippen molar-refractivity contribution in [3.8, 4) is 11.1 Å². The quantitative estimate of drug-likeness (QED) is 0.550. The Kier molecular flexibility index (Phi) is 6.65. The molecule has 3 aromatic rings. The molecule has 0 spiro atoms. The van der Waals surface area contributed by atoms with E-state index in [1.807, 2.05) is 47.4 Å². The maximum Gasteiger partial charge on any atom is 0.264 e. The number of carbonyl (C=O) groups excluding carboxylic acids is 2. The summed E-state index contributed by atoms with van der Waals surface area (Å²) < 4.78 is 5.56. The minimum Gasteiger partial charge on any atom is -0.378 e. The monoisotopic (exact) mass is 475 g/mol. The Balaban J connectivity index is 1.43. The third kappa shape index (κ3) is 4.86. The van der Waals surface area contributed by atoms with E-state index in [1.165, 1.54) is 0 Å². The van der Waals surface area contributed by atoms with Crippen molar-refractivity contribution in [2.45, 2.75) is 25.4 Å². The van der Waals surface area contributed by atoms with Crippen LogP contribution < -0.4 is 10.2 Å². The lowest BCUT2D eigenvalue weighted by Gasteiger charge is -2.28. The van der Waals surface area contributed by atoms with Gasteiger partial charge >= 0.3 is 0 Å². The number of anilines is 1. The molecule has 2 aliphatic rings. The van der Waals surface area contributed by atoms with Crippen molar-refractivity contribution in [1.82, 2.24) is 10.2 Å². The van der Waals surface area contributed by atoms with Crippen LogP contribution in [0, 0.1) is 0 Å². The lowest BCUT2D eigenvalue weighted by Crippen LogP contribution is -2.36. The van der Waals surface area contributed by atoms with Crippen molar-refractivity contribution < 1.29 is 14.3 Å². The van der Waals surface area contributed by atoms with Crippen LogP contribution in [0.25, 0.3) is 11.1 Å². The molecule has 0 unspecified atom stereocenters.